The zero-order valence-corrected chi connectivity index (χ0v) is 9.03. The molecule has 1 aliphatic carbocycles. The maximum atomic E-state index is 5.74. The molecule has 0 aliphatic heterocycles. The van der Waals surface area contributed by atoms with Gasteiger partial charge in [0.15, 0.2) is 5.13 Å². The van der Waals surface area contributed by atoms with Crippen molar-refractivity contribution in [3.05, 3.63) is 10.6 Å². The molecular weight excluding hydrogens is 180 g/mol. The second-order valence-electron chi connectivity index (χ2n) is 4.08. The van der Waals surface area contributed by atoms with Gasteiger partial charge in [-0.1, -0.05) is 20.3 Å². The van der Waals surface area contributed by atoms with Gasteiger partial charge in [0.05, 0.1) is 5.69 Å². The van der Waals surface area contributed by atoms with Crippen molar-refractivity contribution in [1.29, 1.82) is 0 Å². The van der Waals surface area contributed by atoms with Crippen LogP contribution in [0.1, 0.15) is 55.5 Å². The van der Waals surface area contributed by atoms with Crippen molar-refractivity contribution in [3.63, 3.8) is 0 Å². The van der Waals surface area contributed by atoms with Gasteiger partial charge in [0.25, 0.3) is 0 Å². The Labute approximate surface area is 83.2 Å². The Morgan fingerprint density at radius 3 is 2.62 bits per heavy atom. The number of rotatable bonds is 2. The SMILES string of the molecule is CC(C)c1sc(N)nc1C1CCC1. The number of hydrogen-bond acceptors (Lipinski definition) is 3. The third-order valence-electron chi connectivity index (χ3n) is 2.71. The van der Waals surface area contributed by atoms with E-state index in [2.05, 4.69) is 18.8 Å². The van der Waals surface area contributed by atoms with Crippen molar-refractivity contribution in [1.82, 2.24) is 4.98 Å². The lowest BCUT2D eigenvalue weighted by molar-refractivity contribution is 0.409. The standard InChI is InChI=1S/C10H16N2S/c1-6(2)9-8(7-4-3-5-7)12-10(11)13-9/h6-7H,3-5H2,1-2H3,(H2,11,12). The molecule has 3 heteroatoms. The number of hydrogen-bond donors (Lipinski definition) is 1. The summed E-state index contributed by atoms with van der Waals surface area (Å²) in [6.07, 6.45) is 3.98. The Balaban J connectivity index is 2.31. The van der Waals surface area contributed by atoms with E-state index in [1.165, 1.54) is 29.8 Å². The minimum Gasteiger partial charge on any atom is -0.375 e. The number of thiazole rings is 1. The van der Waals surface area contributed by atoms with Crippen molar-refractivity contribution in [2.45, 2.75) is 44.9 Å². The van der Waals surface area contributed by atoms with Gasteiger partial charge in [-0.25, -0.2) is 4.98 Å². The van der Waals surface area contributed by atoms with Crippen LogP contribution in [0.4, 0.5) is 5.13 Å². The van der Waals surface area contributed by atoms with Crippen LogP contribution in [0.15, 0.2) is 0 Å². The van der Waals surface area contributed by atoms with Crippen molar-refractivity contribution in [2.24, 2.45) is 0 Å². The summed E-state index contributed by atoms with van der Waals surface area (Å²) in [6.45, 7) is 4.43. The van der Waals surface area contributed by atoms with E-state index in [4.69, 9.17) is 5.73 Å². The quantitative estimate of drug-likeness (QED) is 0.789. The lowest BCUT2D eigenvalue weighted by Crippen LogP contribution is -2.11. The van der Waals surface area contributed by atoms with Crippen LogP contribution in [0.2, 0.25) is 0 Å². The summed E-state index contributed by atoms with van der Waals surface area (Å²) < 4.78 is 0. The van der Waals surface area contributed by atoms with Crippen LogP contribution in [0, 0.1) is 0 Å². The number of aromatic nitrogens is 1. The molecule has 0 amide bonds. The molecule has 0 atom stereocenters. The summed E-state index contributed by atoms with van der Waals surface area (Å²) >= 11 is 1.67. The van der Waals surface area contributed by atoms with E-state index >= 15 is 0 Å². The zero-order valence-electron chi connectivity index (χ0n) is 8.21. The van der Waals surface area contributed by atoms with Crippen molar-refractivity contribution in [3.8, 4) is 0 Å². The van der Waals surface area contributed by atoms with Crippen LogP contribution >= 0.6 is 11.3 Å². The first kappa shape index (κ1) is 9.00. The molecule has 2 N–H and O–H groups in total. The Kier molecular flexibility index (Phi) is 2.28. The van der Waals surface area contributed by atoms with E-state index in [0.717, 1.165) is 5.13 Å². The van der Waals surface area contributed by atoms with E-state index in [1.54, 1.807) is 11.3 Å². The predicted octanol–water partition coefficient (Wildman–Crippen LogP) is 3.12. The van der Waals surface area contributed by atoms with E-state index in [-0.39, 0.29) is 0 Å². The normalized spacial score (nSPS) is 17.8. The molecule has 0 spiro atoms. The van der Waals surface area contributed by atoms with Gasteiger partial charge in [-0.3, -0.25) is 0 Å². The fraction of sp³-hybridized carbons (Fsp3) is 0.700. The smallest absolute Gasteiger partial charge is 0.180 e. The molecule has 1 heterocycles. The summed E-state index contributed by atoms with van der Waals surface area (Å²) in [7, 11) is 0. The first-order valence-electron chi connectivity index (χ1n) is 4.94. The predicted molar refractivity (Wildman–Crippen MR) is 57.2 cm³/mol. The van der Waals surface area contributed by atoms with Gasteiger partial charge >= 0.3 is 0 Å². The summed E-state index contributed by atoms with van der Waals surface area (Å²) in [5.74, 6) is 1.29. The maximum absolute atomic E-state index is 5.74. The van der Waals surface area contributed by atoms with E-state index in [9.17, 15) is 0 Å². The van der Waals surface area contributed by atoms with Crippen molar-refractivity contribution < 1.29 is 0 Å². The minimum atomic E-state index is 0.574. The number of nitrogens with zero attached hydrogens (tertiary/aromatic N) is 1. The van der Waals surface area contributed by atoms with Crippen molar-refractivity contribution in [2.75, 3.05) is 5.73 Å². The van der Waals surface area contributed by atoms with Gasteiger partial charge in [-0.05, 0) is 18.8 Å². The molecule has 1 saturated carbocycles. The second kappa shape index (κ2) is 3.29. The molecule has 1 aromatic rings. The molecule has 72 valence electrons. The highest BCUT2D eigenvalue weighted by molar-refractivity contribution is 7.15. The third-order valence-corrected chi connectivity index (χ3v) is 3.91. The zero-order chi connectivity index (χ0) is 9.42. The molecule has 0 bridgehead atoms. The molecule has 1 fully saturated rings. The van der Waals surface area contributed by atoms with Gasteiger partial charge in [0, 0.05) is 10.8 Å². The van der Waals surface area contributed by atoms with Gasteiger partial charge in [-0.2, -0.15) is 0 Å². The Bertz CT molecular complexity index is 300. The first-order valence-corrected chi connectivity index (χ1v) is 5.76. The van der Waals surface area contributed by atoms with Gasteiger partial charge < -0.3 is 5.73 Å². The van der Waals surface area contributed by atoms with Gasteiger partial charge in [0.1, 0.15) is 0 Å². The van der Waals surface area contributed by atoms with Crippen LogP contribution in [0.5, 0.6) is 0 Å². The second-order valence-corrected chi connectivity index (χ2v) is 5.15. The average Bonchev–Trinajstić information content (AvgIpc) is 2.27. The Morgan fingerprint density at radius 1 is 1.46 bits per heavy atom. The van der Waals surface area contributed by atoms with Crippen LogP contribution in [0.3, 0.4) is 0 Å². The lowest BCUT2D eigenvalue weighted by atomic mass is 9.81. The van der Waals surface area contributed by atoms with Crippen molar-refractivity contribution >= 4 is 16.5 Å². The molecule has 0 unspecified atom stereocenters. The van der Waals surface area contributed by atoms with Crippen LogP contribution in [0.25, 0.3) is 0 Å². The monoisotopic (exact) mass is 196 g/mol. The Hall–Kier alpha value is -0.570. The topological polar surface area (TPSA) is 38.9 Å². The molecule has 0 radical (unpaired) electrons. The minimum absolute atomic E-state index is 0.574. The molecule has 2 nitrogen and oxygen atoms in total. The summed E-state index contributed by atoms with van der Waals surface area (Å²) in [6, 6.07) is 0. The molecule has 13 heavy (non-hydrogen) atoms. The Morgan fingerprint density at radius 2 is 2.15 bits per heavy atom. The highest BCUT2D eigenvalue weighted by Gasteiger charge is 2.26. The van der Waals surface area contributed by atoms with E-state index in [0.29, 0.717) is 11.8 Å². The third kappa shape index (κ3) is 1.57. The highest BCUT2D eigenvalue weighted by atomic mass is 32.1. The van der Waals surface area contributed by atoms with Gasteiger partial charge in [-0.15, -0.1) is 11.3 Å². The lowest BCUT2D eigenvalue weighted by Gasteiger charge is -2.25. The fourth-order valence-electron chi connectivity index (χ4n) is 1.75. The van der Waals surface area contributed by atoms with Crippen LogP contribution < -0.4 is 5.73 Å². The first-order chi connectivity index (χ1) is 6.18. The molecule has 1 aromatic heterocycles. The summed E-state index contributed by atoms with van der Waals surface area (Å²) in [4.78, 5) is 5.86. The van der Waals surface area contributed by atoms with Crippen LogP contribution in [-0.2, 0) is 0 Å². The van der Waals surface area contributed by atoms with E-state index < -0.39 is 0 Å². The number of nitrogens with two attached hydrogens (primary N) is 1. The molecular formula is C10H16N2S. The maximum Gasteiger partial charge on any atom is 0.180 e. The highest BCUT2D eigenvalue weighted by Crippen LogP contribution is 2.42. The summed E-state index contributed by atoms with van der Waals surface area (Å²) in [5, 5.41) is 0.741. The van der Waals surface area contributed by atoms with E-state index in [1.807, 2.05) is 0 Å². The largest absolute Gasteiger partial charge is 0.375 e. The summed E-state index contributed by atoms with van der Waals surface area (Å²) in [5.41, 5.74) is 7.04. The average molecular weight is 196 g/mol. The van der Waals surface area contributed by atoms with Crippen LogP contribution in [-0.4, -0.2) is 4.98 Å². The number of nitrogen functional groups attached to an aromatic ring is 1. The number of anilines is 1. The fourth-order valence-corrected chi connectivity index (χ4v) is 2.67. The molecule has 0 aromatic carbocycles. The molecule has 2 rings (SSSR count). The molecule has 0 saturated heterocycles. The van der Waals surface area contributed by atoms with Gasteiger partial charge in [0.2, 0.25) is 0 Å². The molecule has 1 aliphatic rings.